The number of hydrogen-bond donors (Lipinski definition) is 4. The lowest BCUT2D eigenvalue weighted by atomic mass is 9.82. The Balaban J connectivity index is 0.000000149. The van der Waals surface area contributed by atoms with E-state index in [9.17, 15) is 44.4 Å². The standard InChI is InChI=1S/C30H40N6O6S.C25H31N5O5S.C24H29N5O4S/c1-19-7-10-25(32-15-19)36-26(27(37)31-5)22-13-21(20-8-9-20)24(14-23(22)34-36)35(43(6,39)40)12-11-30(17-41-18-30)16-33-28(38)42-29(2,3)4;1-16-5-8-22(27-13-16)30-23(24(31)26-2)19-11-18(17-6-7-17)21(12-20(19)28-30)29(36(4,32)33)10-9-25(34-3)14-35-15-25;1-15-4-7-22(26-12-15)29-23(24(30)25-2)19-10-18(17-5-6-17)21(11-20(19)27-29)28(34(3,31)32)9-8-16-13-33-14-16/h7,10,13-15,20H,8-9,11-12,16-18H2,1-6H3,(H,31,37)(H,33,38);5,8,11-13,17H,6-7,9-10,14-15H2,1-4H3,(H,26,31);4,7,10-12,16-17H,5-6,8-9,13-14H2,1-3H3,(H,25,30). The van der Waals surface area contributed by atoms with Crippen molar-refractivity contribution in [2.75, 3.05) is 126 Å². The molecule has 0 unspecified atom stereocenters. The number of pyridine rings is 3. The van der Waals surface area contributed by atoms with Gasteiger partial charge < -0.3 is 45.0 Å². The molecule has 0 bridgehead atoms. The van der Waals surface area contributed by atoms with E-state index in [0.717, 1.165) is 78.3 Å². The van der Waals surface area contributed by atoms with Crippen molar-refractivity contribution >= 4 is 104 Å². The lowest BCUT2D eigenvalue weighted by Gasteiger charge is -2.42. The molecule has 0 radical (unpaired) electrons. The molecule has 15 rings (SSSR count). The second-order valence-electron chi connectivity index (χ2n) is 31.6. The Bertz CT molecular complexity index is 5440. The number of benzene rings is 3. The molecule has 3 saturated heterocycles. The van der Waals surface area contributed by atoms with Crippen molar-refractivity contribution in [2.45, 2.75) is 128 Å². The van der Waals surface area contributed by atoms with Gasteiger partial charge >= 0.3 is 6.09 Å². The fourth-order valence-electron chi connectivity index (χ4n) is 14.3. The number of aromatic nitrogens is 9. The van der Waals surface area contributed by atoms with Crippen LogP contribution in [0.25, 0.3) is 50.2 Å². The number of carbonyl (C=O) groups is 4. The zero-order valence-electron chi connectivity index (χ0n) is 66.1. The topological polar surface area (TPSA) is 367 Å². The Morgan fingerprint density at radius 3 is 1.13 bits per heavy atom. The highest BCUT2D eigenvalue weighted by Gasteiger charge is 2.44. The van der Waals surface area contributed by atoms with Gasteiger partial charge in [0.15, 0.2) is 17.5 Å². The minimum Gasteiger partial charge on any atom is -0.444 e. The molecule has 0 atom stereocenters. The van der Waals surface area contributed by atoms with E-state index in [0.29, 0.717) is 156 Å². The summed E-state index contributed by atoms with van der Waals surface area (Å²) >= 11 is 0. The predicted molar refractivity (Wildman–Crippen MR) is 430 cm³/mol. The molecule has 9 heterocycles. The van der Waals surface area contributed by atoms with Crippen molar-refractivity contribution in [1.82, 2.24) is 65.6 Å². The number of aryl methyl sites for hydroxylation is 3. The maximum atomic E-state index is 13.3. The van der Waals surface area contributed by atoms with Gasteiger partial charge in [0.2, 0.25) is 30.1 Å². The molecule has 6 aromatic heterocycles. The Kier molecular flexibility index (Phi) is 23.2. The van der Waals surface area contributed by atoms with Crippen LogP contribution in [0.1, 0.15) is 161 Å². The van der Waals surface area contributed by atoms with Crippen molar-refractivity contribution in [3.63, 3.8) is 0 Å². The number of ether oxygens (including phenoxy) is 5. The summed E-state index contributed by atoms with van der Waals surface area (Å²) in [6, 6.07) is 22.3. The number of carbonyl (C=O) groups excluding carboxylic acids is 4. The van der Waals surface area contributed by atoms with E-state index in [1.54, 1.807) is 90.5 Å². The SMILES string of the molecule is CNC(=O)c1c2cc(C3CC3)c(N(CCC3(CNC(=O)OC(C)(C)C)COC3)S(C)(=O)=O)cc2nn1-c1ccc(C)cn1.CNC(=O)c1c2cc(C3CC3)c(N(CCC3(OC)COC3)S(C)(=O)=O)cc2nn1-c1ccc(C)cn1.CNC(=O)c1c2cc(C3CC3)c(N(CCC3COC3)S(C)(=O)=O)cc2nn1-c1ccc(C)cn1. The van der Waals surface area contributed by atoms with Crippen molar-refractivity contribution < 1.29 is 68.1 Å². The molecular formula is C79H100N16O15S3. The monoisotopic (exact) mass is 1610 g/mol. The minimum absolute atomic E-state index is 0.178. The van der Waals surface area contributed by atoms with Gasteiger partial charge in [-0.25, -0.2) is 59.0 Å². The van der Waals surface area contributed by atoms with E-state index >= 15 is 0 Å². The summed E-state index contributed by atoms with van der Waals surface area (Å²) in [7, 11) is -4.47. The average Bonchev–Trinajstić information content (AvgIpc) is 1.62. The normalized spacial score (nSPS) is 16.6. The molecule has 31 nitrogen and oxygen atoms in total. The van der Waals surface area contributed by atoms with Crippen LogP contribution < -0.4 is 34.2 Å². The Morgan fingerprint density at radius 2 is 0.867 bits per heavy atom. The summed E-state index contributed by atoms with van der Waals surface area (Å²) in [5.74, 6) is 1.70. The number of amides is 4. The zero-order valence-corrected chi connectivity index (χ0v) is 68.6. The lowest BCUT2D eigenvalue weighted by Crippen LogP contribution is -2.53. The van der Waals surface area contributed by atoms with Crippen LogP contribution in [0.2, 0.25) is 0 Å². The fraction of sp³-hybridized carbons (Fsp3) is 0.494. The van der Waals surface area contributed by atoms with Crippen LogP contribution in [0.3, 0.4) is 0 Å². The minimum atomic E-state index is -3.70. The Morgan fingerprint density at radius 1 is 0.513 bits per heavy atom. The van der Waals surface area contributed by atoms with Crippen LogP contribution in [-0.2, 0) is 53.8 Å². The van der Waals surface area contributed by atoms with Gasteiger partial charge in [-0.3, -0.25) is 27.3 Å². The van der Waals surface area contributed by atoms with E-state index in [1.807, 2.05) is 75.4 Å². The largest absolute Gasteiger partial charge is 0.444 e. The number of nitrogens with one attached hydrogen (secondary N) is 4. The zero-order chi connectivity index (χ0) is 80.9. The maximum Gasteiger partial charge on any atom is 0.407 e. The molecule has 4 amide bonds. The molecule has 3 aromatic carbocycles. The number of anilines is 3. The number of methoxy groups -OCH3 is 1. The molecular weight excluding hydrogens is 1510 g/mol. The van der Waals surface area contributed by atoms with Crippen molar-refractivity contribution in [3.05, 3.63) is 142 Å². The summed E-state index contributed by atoms with van der Waals surface area (Å²) < 4.78 is 114. The van der Waals surface area contributed by atoms with Crippen LogP contribution in [0, 0.1) is 32.1 Å². The van der Waals surface area contributed by atoms with Crippen molar-refractivity contribution in [1.29, 1.82) is 0 Å². The first-order chi connectivity index (χ1) is 53.6. The summed E-state index contributed by atoms with van der Waals surface area (Å²) in [5, 5.41) is 27.1. The first-order valence-corrected chi connectivity index (χ1v) is 43.5. The van der Waals surface area contributed by atoms with Gasteiger partial charge in [-0.15, -0.1) is 0 Å². The second-order valence-corrected chi connectivity index (χ2v) is 37.4. The molecule has 3 aliphatic heterocycles. The van der Waals surface area contributed by atoms with Crippen molar-refractivity contribution in [3.8, 4) is 17.5 Å². The number of nitrogens with zero attached hydrogens (tertiary/aromatic N) is 12. The summed E-state index contributed by atoms with van der Waals surface area (Å²) in [6.45, 7) is 15.4. The van der Waals surface area contributed by atoms with Gasteiger partial charge in [0.1, 0.15) is 28.3 Å². The van der Waals surface area contributed by atoms with Gasteiger partial charge in [-0.2, -0.15) is 15.3 Å². The molecule has 113 heavy (non-hydrogen) atoms. The third kappa shape index (κ3) is 18.1. The molecule has 0 spiro atoms. The highest BCUT2D eigenvalue weighted by Crippen LogP contribution is 2.50. The Hall–Kier alpha value is -9.71. The molecule has 3 aliphatic carbocycles. The number of hydrogen-bond acceptors (Lipinski definition) is 21. The molecule has 4 N–H and O–H groups in total. The van der Waals surface area contributed by atoms with Crippen LogP contribution in [0.4, 0.5) is 21.9 Å². The molecule has 6 fully saturated rings. The molecule has 9 aromatic rings. The van der Waals surface area contributed by atoms with Crippen LogP contribution in [-0.4, -0.2) is 217 Å². The van der Waals surface area contributed by atoms with Gasteiger partial charge in [-0.1, -0.05) is 18.2 Å². The lowest BCUT2D eigenvalue weighted by molar-refractivity contribution is -0.197. The van der Waals surface area contributed by atoms with Crippen LogP contribution >= 0.6 is 0 Å². The number of rotatable bonds is 27. The van der Waals surface area contributed by atoms with Crippen molar-refractivity contribution in [2.24, 2.45) is 11.3 Å². The molecule has 3 saturated carbocycles. The van der Waals surface area contributed by atoms with E-state index in [4.69, 9.17) is 39.0 Å². The van der Waals surface area contributed by atoms with E-state index < -0.39 is 52.8 Å². The van der Waals surface area contributed by atoms with E-state index in [-0.39, 0.29) is 48.6 Å². The summed E-state index contributed by atoms with van der Waals surface area (Å²) in [4.78, 5) is 64.7. The van der Waals surface area contributed by atoms with Gasteiger partial charge in [0, 0.05) is 101 Å². The Labute approximate surface area is 658 Å². The number of fused-ring (bicyclic) bond motifs is 3. The van der Waals surface area contributed by atoms with Gasteiger partial charge in [0.25, 0.3) is 17.7 Å². The van der Waals surface area contributed by atoms with Gasteiger partial charge in [-0.05, 0) is 205 Å². The molecule has 6 aliphatic rings. The summed E-state index contributed by atoms with van der Waals surface area (Å²) in [6.07, 6.45) is 15.8. The fourth-order valence-corrected chi connectivity index (χ4v) is 17.1. The number of alkyl carbamates (subject to hydrolysis) is 1. The van der Waals surface area contributed by atoms with Crippen LogP contribution in [0.5, 0.6) is 0 Å². The highest BCUT2D eigenvalue weighted by molar-refractivity contribution is 7.92. The van der Waals surface area contributed by atoms with Crippen LogP contribution in [0.15, 0.2) is 91.4 Å². The van der Waals surface area contributed by atoms with E-state index in [1.165, 1.54) is 41.0 Å². The van der Waals surface area contributed by atoms with Gasteiger partial charge in [0.05, 0.1) is 92.0 Å². The van der Waals surface area contributed by atoms with E-state index in [2.05, 4.69) is 36.2 Å². The molecule has 34 heteroatoms. The average molecular weight is 1610 g/mol. The highest BCUT2D eigenvalue weighted by atomic mass is 32.2. The third-order valence-electron chi connectivity index (χ3n) is 21.2. The predicted octanol–water partition coefficient (Wildman–Crippen LogP) is 8.97. The first-order valence-electron chi connectivity index (χ1n) is 37.9. The first kappa shape index (κ1) is 81.3. The third-order valence-corrected chi connectivity index (χ3v) is 24.8. The second kappa shape index (κ2) is 32.3. The summed E-state index contributed by atoms with van der Waals surface area (Å²) in [5.41, 5.74) is 8.64. The number of sulfonamides is 3. The molecule has 604 valence electrons. The smallest absolute Gasteiger partial charge is 0.407 e. The maximum absolute atomic E-state index is 13.3. The quantitative estimate of drug-likeness (QED) is 0.0373.